The van der Waals surface area contributed by atoms with Crippen LogP contribution in [0.4, 0.5) is 19.0 Å². The fraction of sp³-hybridized carbons (Fsp3) is 0.250. The Morgan fingerprint density at radius 1 is 1.33 bits per heavy atom. The first-order chi connectivity index (χ1) is 14.2. The molecule has 0 aliphatic carbocycles. The molecular formula is C20H16F3N3O4. The minimum Gasteiger partial charge on any atom is -0.481 e. The van der Waals surface area contributed by atoms with Crippen molar-refractivity contribution in [3.63, 3.8) is 0 Å². The van der Waals surface area contributed by atoms with Gasteiger partial charge in [0.2, 0.25) is 0 Å². The average Bonchev–Trinajstić information content (AvgIpc) is 3.19. The Hall–Kier alpha value is -3.74. The molecule has 0 radical (unpaired) electrons. The zero-order valence-corrected chi connectivity index (χ0v) is 15.6. The van der Waals surface area contributed by atoms with Gasteiger partial charge in [-0.15, -0.1) is 6.42 Å². The number of carboxylic acid groups (broad SMARTS) is 1. The van der Waals surface area contributed by atoms with Crippen LogP contribution < -0.4 is 5.32 Å². The standard InChI is InChI=1S/C20H16F3N3O4/c1-3-14(12-5-4-6-13(11(12)2)20(21,22)23)26-18-17(19-29-7-8-30-19)15(9-16(27)28)24-10-25-18/h1,4-8,10,14,19H,9H2,2H3,(H,27,28)(H,24,25,26)/t14-/m1/s1. The Balaban J connectivity index is 2.03. The van der Waals surface area contributed by atoms with Crippen LogP contribution in [0.25, 0.3) is 0 Å². The van der Waals surface area contributed by atoms with Gasteiger partial charge in [0.15, 0.2) is 0 Å². The minimum absolute atomic E-state index is 0.0307. The van der Waals surface area contributed by atoms with E-state index in [1.165, 1.54) is 31.6 Å². The fourth-order valence-corrected chi connectivity index (χ4v) is 3.07. The summed E-state index contributed by atoms with van der Waals surface area (Å²) in [5.74, 6) is 1.36. The number of carboxylic acids is 1. The molecule has 10 heteroatoms. The maximum atomic E-state index is 13.3. The molecular weight excluding hydrogens is 403 g/mol. The SMILES string of the molecule is C#C[C@@H](Nc1ncnc(CC(=O)O)c1C1OC=CO1)c1cccc(C(F)(F)F)c1C. The predicted octanol–water partition coefficient (Wildman–Crippen LogP) is 3.73. The van der Waals surface area contributed by atoms with Crippen molar-refractivity contribution >= 4 is 11.8 Å². The Bertz CT molecular complexity index is 1020. The zero-order chi connectivity index (χ0) is 21.9. The number of hydrogen-bond donors (Lipinski definition) is 2. The maximum Gasteiger partial charge on any atom is 0.416 e. The molecule has 0 amide bonds. The molecule has 156 valence electrons. The van der Waals surface area contributed by atoms with Crippen molar-refractivity contribution in [2.45, 2.75) is 31.9 Å². The lowest BCUT2D eigenvalue weighted by Gasteiger charge is -2.22. The zero-order valence-electron chi connectivity index (χ0n) is 15.6. The lowest BCUT2D eigenvalue weighted by molar-refractivity contribution is -0.138. The first-order valence-electron chi connectivity index (χ1n) is 8.63. The van der Waals surface area contributed by atoms with Crippen LogP contribution in [0, 0.1) is 19.3 Å². The molecule has 1 aliphatic heterocycles. The lowest BCUT2D eigenvalue weighted by Crippen LogP contribution is -2.19. The highest BCUT2D eigenvalue weighted by Gasteiger charge is 2.34. The van der Waals surface area contributed by atoms with Crippen molar-refractivity contribution in [3.05, 3.63) is 65.0 Å². The molecule has 2 heterocycles. The molecule has 1 aliphatic rings. The molecule has 2 aromatic rings. The van der Waals surface area contributed by atoms with E-state index in [0.717, 1.165) is 12.4 Å². The lowest BCUT2D eigenvalue weighted by atomic mass is 9.96. The molecule has 3 rings (SSSR count). The number of halogens is 3. The fourth-order valence-electron chi connectivity index (χ4n) is 3.07. The van der Waals surface area contributed by atoms with E-state index in [0.29, 0.717) is 0 Å². The highest BCUT2D eigenvalue weighted by molar-refractivity contribution is 5.71. The third kappa shape index (κ3) is 4.30. The van der Waals surface area contributed by atoms with Gasteiger partial charge < -0.3 is 19.9 Å². The molecule has 1 atom stereocenters. The van der Waals surface area contributed by atoms with Crippen molar-refractivity contribution in [3.8, 4) is 12.3 Å². The summed E-state index contributed by atoms with van der Waals surface area (Å²) < 4.78 is 50.4. The van der Waals surface area contributed by atoms with Crippen LogP contribution in [0.5, 0.6) is 0 Å². The van der Waals surface area contributed by atoms with Gasteiger partial charge in [0, 0.05) is 0 Å². The largest absolute Gasteiger partial charge is 0.481 e. The van der Waals surface area contributed by atoms with Gasteiger partial charge >= 0.3 is 12.1 Å². The van der Waals surface area contributed by atoms with Gasteiger partial charge in [0.05, 0.1) is 23.2 Å². The Labute approximate surface area is 169 Å². The topological polar surface area (TPSA) is 93.6 Å². The van der Waals surface area contributed by atoms with Crippen LogP contribution in [0.1, 0.15) is 40.3 Å². The summed E-state index contributed by atoms with van der Waals surface area (Å²) in [4.78, 5) is 19.3. The monoisotopic (exact) mass is 419 g/mol. The summed E-state index contributed by atoms with van der Waals surface area (Å²) in [7, 11) is 0. The summed E-state index contributed by atoms with van der Waals surface area (Å²) in [5.41, 5.74) is -0.303. The van der Waals surface area contributed by atoms with Gasteiger partial charge in [-0.05, 0) is 24.1 Å². The van der Waals surface area contributed by atoms with E-state index in [1.807, 2.05) is 0 Å². The van der Waals surface area contributed by atoms with Gasteiger partial charge in [-0.25, -0.2) is 9.97 Å². The smallest absolute Gasteiger partial charge is 0.416 e. The van der Waals surface area contributed by atoms with Crippen LogP contribution in [0.3, 0.4) is 0 Å². The number of nitrogens with one attached hydrogen (secondary N) is 1. The van der Waals surface area contributed by atoms with Crippen LogP contribution >= 0.6 is 0 Å². The molecule has 0 spiro atoms. The van der Waals surface area contributed by atoms with Crippen LogP contribution in [-0.4, -0.2) is 21.0 Å². The molecule has 0 saturated carbocycles. The van der Waals surface area contributed by atoms with E-state index in [9.17, 15) is 18.0 Å². The second-order valence-electron chi connectivity index (χ2n) is 6.29. The Morgan fingerprint density at radius 2 is 2.03 bits per heavy atom. The second-order valence-corrected chi connectivity index (χ2v) is 6.29. The number of alkyl halides is 3. The van der Waals surface area contributed by atoms with Gasteiger partial charge in [-0.1, -0.05) is 18.1 Å². The Morgan fingerprint density at radius 3 is 2.63 bits per heavy atom. The molecule has 0 unspecified atom stereocenters. The van der Waals surface area contributed by atoms with E-state index >= 15 is 0 Å². The van der Waals surface area contributed by atoms with E-state index < -0.39 is 36.5 Å². The Kier molecular flexibility index (Phi) is 5.82. The van der Waals surface area contributed by atoms with Crippen LogP contribution in [0.15, 0.2) is 37.1 Å². The van der Waals surface area contributed by atoms with E-state index in [1.54, 1.807) is 0 Å². The summed E-state index contributed by atoms with van der Waals surface area (Å²) >= 11 is 0. The third-order valence-corrected chi connectivity index (χ3v) is 4.42. The quantitative estimate of drug-likeness (QED) is 0.689. The third-order valence-electron chi connectivity index (χ3n) is 4.42. The van der Waals surface area contributed by atoms with Crippen LogP contribution in [-0.2, 0) is 26.9 Å². The first-order valence-corrected chi connectivity index (χ1v) is 8.63. The number of terminal acetylenes is 1. The van der Waals surface area contributed by atoms with Crippen molar-refractivity contribution in [2.24, 2.45) is 0 Å². The summed E-state index contributed by atoms with van der Waals surface area (Å²) in [5, 5.41) is 12.0. The highest BCUT2D eigenvalue weighted by atomic mass is 19.4. The van der Waals surface area contributed by atoms with Crippen molar-refractivity contribution in [1.29, 1.82) is 0 Å². The number of ether oxygens (including phenoxy) is 2. The normalized spacial score (nSPS) is 14.5. The molecule has 1 aromatic heterocycles. The number of aromatic nitrogens is 2. The molecule has 7 nitrogen and oxygen atoms in total. The number of nitrogens with zero attached hydrogens (tertiary/aromatic N) is 2. The average molecular weight is 419 g/mol. The number of hydrogen-bond acceptors (Lipinski definition) is 6. The van der Waals surface area contributed by atoms with Gasteiger partial charge in [-0.2, -0.15) is 13.2 Å². The molecule has 0 bridgehead atoms. The number of benzene rings is 1. The predicted molar refractivity (Wildman–Crippen MR) is 98.8 cm³/mol. The van der Waals surface area contributed by atoms with Crippen LogP contribution in [0.2, 0.25) is 0 Å². The van der Waals surface area contributed by atoms with Gasteiger partial charge in [0.25, 0.3) is 6.29 Å². The van der Waals surface area contributed by atoms with E-state index in [2.05, 4.69) is 21.2 Å². The van der Waals surface area contributed by atoms with Gasteiger partial charge in [0.1, 0.15) is 30.7 Å². The maximum absolute atomic E-state index is 13.3. The summed E-state index contributed by atoms with van der Waals surface area (Å²) in [6.45, 7) is 1.33. The molecule has 0 fully saturated rings. The van der Waals surface area contributed by atoms with Crippen molar-refractivity contribution in [2.75, 3.05) is 5.32 Å². The highest BCUT2D eigenvalue weighted by Crippen LogP contribution is 2.36. The first kappa shape index (κ1) is 21.0. The van der Waals surface area contributed by atoms with Crippen molar-refractivity contribution in [1.82, 2.24) is 9.97 Å². The number of rotatable bonds is 6. The molecule has 2 N–H and O–H groups in total. The van der Waals surface area contributed by atoms with Gasteiger partial charge in [-0.3, -0.25) is 4.79 Å². The summed E-state index contributed by atoms with van der Waals surface area (Å²) in [6, 6.07) is 2.72. The van der Waals surface area contributed by atoms with Crippen molar-refractivity contribution < 1.29 is 32.5 Å². The second kappa shape index (κ2) is 8.32. The molecule has 30 heavy (non-hydrogen) atoms. The number of aliphatic carboxylic acids is 1. The molecule has 0 saturated heterocycles. The van der Waals surface area contributed by atoms with E-state index in [-0.39, 0.29) is 28.2 Å². The molecule has 1 aromatic carbocycles. The number of carbonyl (C=O) groups is 1. The summed E-state index contributed by atoms with van der Waals surface area (Å²) in [6.07, 6.45) is 3.25. The minimum atomic E-state index is -4.54. The number of anilines is 1. The van der Waals surface area contributed by atoms with E-state index in [4.69, 9.17) is 21.0 Å².